The van der Waals surface area contributed by atoms with Gasteiger partial charge in [-0.05, 0) is 43.9 Å². The van der Waals surface area contributed by atoms with Crippen LogP contribution in [-0.2, 0) is 10.2 Å². The Hall–Kier alpha value is -1.46. The zero-order valence-corrected chi connectivity index (χ0v) is 13.0. The molecule has 1 aromatic carbocycles. The van der Waals surface area contributed by atoms with Crippen LogP contribution in [0.15, 0.2) is 28.9 Å². The molecular formula is C16H15BrN2O2. The van der Waals surface area contributed by atoms with Crippen molar-refractivity contribution in [1.82, 2.24) is 4.98 Å². The number of amides is 1. The molecule has 0 atom stereocenters. The van der Waals surface area contributed by atoms with E-state index in [1.807, 2.05) is 18.2 Å². The highest BCUT2D eigenvalue weighted by Gasteiger charge is 2.49. The molecule has 108 valence electrons. The zero-order chi connectivity index (χ0) is 14.6. The monoisotopic (exact) mass is 346 g/mol. The van der Waals surface area contributed by atoms with Gasteiger partial charge in [-0.3, -0.25) is 9.78 Å². The second-order valence-electron chi connectivity index (χ2n) is 5.98. The lowest BCUT2D eigenvalue weighted by atomic mass is 9.68. The third kappa shape index (κ3) is 1.84. The lowest BCUT2D eigenvalue weighted by molar-refractivity contribution is -0.122. The summed E-state index contributed by atoms with van der Waals surface area (Å²) in [6.45, 7) is 0. The number of hydrogen-bond donors (Lipinski definition) is 2. The number of rotatable bonds is 0. The molecule has 1 saturated carbocycles. The Morgan fingerprint density at radius 3 is 2.86 bits per heavy atom. The highest BCUT2D eigenvalue weighted by molar-refractivity contribution is 9.10. The summed E-state index contributed by atoms with van der Waals surface area (Å²) in [5, 5.41) is 13.8. The predicted octanol–water partition coefficient (Wildman–Crippen LogP) is 3.12. The predicted molar refractivity (Wildman–Crippen MR) is 84.2 cm³/mol. The highest BCUT2D eigenvalue weighted by Crippen LogP contribution is 2.49. The Balaban J connectivity index is 1.98. The molecule has 2 aromatic rings. The van der Waals surface area contributed by atoms with Crippen molar-refractivity contribution >= 4 is 38.4 Å². The topological polar surface area (TPSA) is 62.2 Å². The van der Waals surface area contributed by atoms with Crippen molar-refractivity contribution in [3.63, 3.8) is 0 Å². The summed E-state index contributed by atoms with van der Waals surface area (Å²) in [5.74, 6) is 0.0543. The average Bonchev–Trinajstić information content (AvgIpc) is 2.75. The third-order valence-corrected chi connectivity index (χ3v) is 5.29. The van der Waals surface area contributed by atoms with E-state index in [1.54, 1.807) is 6.20 Å². The smallest absolute Gasteiger partial charge is 0.235 e. The Kier molecular flexibility index (Phi) is 2.84. The Bertz CT molecular complexity index is 751. The first-order valence-corrected chi connectivity index (χ1v) is 7.98. The van der Waals surface area contributed by atoms with E-state index in [4.69, 9.17) is 0 Å². The molecule has 4 nitrogen and oxygen atoms in total. The minimum absolute atomic E-state index is 0.0543. The van der Waals surface area contributed by atoms with Crippen LogP contribution in [0.1, 0.15) is 31.2 Å². The van der Waals surface area contributed by atoms with E-state index in [-0.39, 0.29) is 12.0 Å². The Labute approximate surface area is 130 Å². The summed E-state index contributed by atoms with van der Waals surface area (Å²) in [7, 11) is 0. The largest absolute Gasteiger partial charge is 0.393 e. The number of nitrogens with zero attached hydrogens (tertiary/aromatic N) is 1. The fourth-order valence-electron chi connectivity index (χ4n) is 3.70. The standard InChI is InChI=1S/C16H15BrN2O2/c17-9-1-2-12-11(7-9)14-13(8-18-12)19-15(21)16(14)5-3-10(20)4-6-16/h1-2,7-8,10,20H,3-6H2,(H,19,21). The number of halogens is 1. The summed E-state index contributed by atoms with van der Waals surface area (Å²) in [5.41, 5.74) is 2.28. The van der Waals surface area contributed by atoms with Crippen molar-refractivity contribution in [2.24, 2.45) is 0 Å². The minimum atomic E-state index is -0.503. The molecule has 1 spiro atoms. The van der Waals surface area contributed by atoms with E-state index in [0.29, 0.717) is 25.7 Å². The summed E-state index contributed by atoms with van der Waals surface area (Å²) in [6.07, 6.45) is 4.20. The van der Waals surface area contributed by atoms with Gasteiger partial charge in [-0.25, -0.2) is 0 Å². The van der Waals surface area contributed by atoms with Crippen molar-refractivity contribution in [1.29, 1.82) is 0 Å². The van der Waals surface area contributed by atoms with Gasteiger partial charge in [0, 0.05) is 15.4 Å². The second-order valence-corrected chi connectivity index (χ2v) is 6.89. The van der Waals surface area contributed by atoms with E-state index in [1.165, 1.54) is 0 Å². The van der Waals surface area contributed by atoms with Crippen LogP contribution in [0.2, 0.25) is 0 Å². The first-order chi connectivity index (χ1) is 10.1. The van der Waals surface area contributed by atoms with E-state index in [9.17, 15) is 9.90 Å². The maximum Gasteiger partial charge on any atom is 0.235 e. The van der Waals surface area contributed by atoms with Gasteiger partial charge in [0.25, 0.3) is 0 Å². The number of aliphatic hydroxyl groups is 1. The van der Waals surface area contributed by atoms with E-state index < -0.39 is 5.41 Å². The Morgan fingerprint density at radius 1 is 1.33 bits per heavy atom. The number of benzene rings is 1. The number of nitrogens with one attached hydrogen (secondary N) is 1. The van der Waals surface area contributed by atoms with Crippen LogP contribution in [0.25, 0.3) is 10.9 Å². The number of carbonyl (C=O) groups is 1. The fraction of sp³-hybridized carbons (Fsp3) is 0.375. The molecule has 2 heterocycles. The normalized spacial score (nSPS) is 27.9. The van der Waals surface area contributed by atoms with Crippen molar-refractivity contribution in [2.45, 2.75) is 37.2 Å². The molecule has 1 aromatic heterocycles. The number of anilines is 1. The molecule has 0 bridgehead atoms. The molecular weight excluding hydrogens is 332 g/mol. The SMILES string of the molecule is O=C1Nc2cnc3ccc(Br)cc3c2C12CCC(O)CC2. The van der Waals surface area contributed by atoms with E-state index in [0.717, 1.165) is 26.6 Å². The van der Waals surface area contributed by atoms with Crippen molar-refractivity contribution in [2.75, 3.05) is 5.32 Å². The molecule has 2 N–H and O–H groups in total. The second kappa shape index (κ2) is 4.52. The first-order valence-electron chi connectivity index (χ1n) is 7.18. The summed E-state index contributed by atoms with van der Waals surface area (Å²) in [4.78, 5) is 17.0. The van der Waals surface area contributed by atoms with Crippen molar-refractivity contribution in [3.05, 3.63) is 34.4 Å². The maximum absolute atomic E-state index is 12.6. The van der Waals surface area contributed by atoms with Crippen LogP contribution in [0.3, 0.4) is 0 Å². The number of hydrogen-bond acceptors (Lipinski definition) is 3. The zero-order valence-electron chi connectivity index (χ0n) is 11.4. The van der Waals surface area contributed by atoms with Gasteiger partial charge in [-0.2, -0.15) is 0 Å². The van der Waals surface area contributed by atoms with Crippen LogP contribution in [-0.4, -0.2) is 22.1 Å². The molecule has 21 heavy (non-hydrogen) atoms. The molecule has 1 amide bonds. The van der Waals surface area contributed by atoms with E-state index in [2.05, 4.69) is 26.2 Å². The highest BCUT2D eigenvalue weighted by atomic mass is 79.9. The fourth-order valence-corrected chi connectivity index (χ4v) is 4.06. The molecule has 0 radical (unpaired) electrons. The first kappa shape index (κ1) is 13.2. The summed E-state index contributed by atoms with van der Waals surface area (Å²) in [6, 6.07) is 5.96. The third-order valence-electron chi connectivity index (χ3n) is 4.80. The van der Waals surface area contributed by atoms with Crippen LogP contribution < -0.4 is 5.32 Å². The number of carbonyl (C=O) groups excluding carboxylic acids is 1. The summed E-state index contributed by atoms with van der Waals surface area (Å²) < 4.78 is 0.982. The minimum Gasteiger partial charge on any atom is -0.393 e. The van der Waals surface area contributed by atoms with Crippen LogP contribution >= 0.6 is 15.9 Å². The molecule has 0 saturated heterocycles. The molecule has 0 unspecified atom stereocenters. The Morgan fingerprint density at radius 2 is 2.10 bits per heavy atom. The average molecular weight is 347 g/mol. The quantitative estimate of drug-likeness (QED) is 0.770. The van der Waals surface area contributed by atoms with Crippen LogP contribution in [0, 0.1) is 0 Å². The van der Waals surface area contributed by atoms with Gasteiger partial charge in [0.15, 0.2) is 0 Å². The number of aliphatic hydroxyl groups excluding tert-OH is 1. The van der Waals surface area contributed by atoms with Crippen LogP contribution in [0.5, 0.6) is 0 Å². The van der Waals surface area contributed by atoms with Gasteiger partial charge in [0.05, 0.1) is 28.9 Å². The van der Waals surface area contributed by atoms with Crippen molar-refractivity contribution in [3.8, 4) is 0 Å². The number of pyridine rings is 1. The van der Waals surface area contributed by atoms with Gasteiger partial charge in [0.1, 0.15) is 0 Å². The molecule has 1 fully saturated rings. The van der Waals surface area contributed by atoms with E-state index >= 15 is 0 Å². The van der Waals surface area contributed by atoms with Gasteiger partial charge in [0.2, 0.25) is 5.91 Å². The molecule has 1 aliphatic heterocycles. The summed E-state index contributed by atoms with van der Waals surface area (Å²) >= 11 is 3.50. The maximum atomic E-state index is 12.6. The van der Waals surface area contributed by atoms with Gasteiger partial charge >= 0.3 is 0 Å². The number of fused-ring (bicyclic) bond motifs is 4. The van der Waals surface area contributed by atoms with Gasteiger partial charge < -0.3 is 10.4 Å². The molecule has 4 rings (SSSR count). The van der Waals surface area contributed by atoms with Gasteiger partial charge in [-0.15, -0.1) is 0 Å². The molecule has 5 heteroatoms. The molecule has 2 aliphatic rings. The number of aromatic nitrogens is 1. The van der Waals surface area contributed by atoms with Crippen molar-refractivity contribution < 1.29 is 9.90 Å². The van der Waals surface area contributed by atoms with Crippen LogP contribution in [0.4, 0.5) is 5.69 Å². The molecule has 1 aliphatic carbocycles. The lowest BCUT2D eigenvalue weighted by Crippen LogP contribution is -2.39. The van der Waals surface area contributed by atoms with Gasteiger partial charge in [-0.1, -0.05) is 15.9 Å². The lowest BCUT2D eigenvalue weighted by Gasteiger charge is -2.34.